The van der Waals surface area contributed by atoms with E-state index in [1.54, 1.807) is 17.0 Å². The summed E-state index contributed by atoms with van der Waals surface area (Å²) in [5.41, 5.74) is 3.64. The lowest BCUT2D eigenvalue weighted by molar-refractivity contribution is -0.0272. The van der Waals surface area contributed by atoms with E-state index in [0.29, 0.717) is 24.2 Å². The molecule has 0 atom stereocenters. The monoisotopic (exact) mass is 625 g/mol. The molecule has 1 fully saturated rings. The second-order valence-electron chi connectivity index (χ2n) is 12.7. The second-order valence-corrected chi connectivity index (χ2v) is 16.8. The van der Waals surface area contributed by atoms with Crippen LogP contribution >= 0.6 is 0 Å². The molecule has 0 aromatic heterocycles. The lowest BCUT2D eigenvalue weighted by atomic mass is 9.82. The minimum atomic E-state index is -3.45. The molecule has 3 aromatic rings. The molecule has 1 saturated heterocycles. The minimum Gasteiger partial charge on any atom is -0.487 e. The number of rotatable bonds is 6. The molecule has 8 nitrogen and oxygen atoms in total. The standard InChI is InChI=1S/C33H39NO7S2/c1-32(2,3)41-31(35)34-19-17-33(18-20-34)16-15-28-21-27(11-14-30(28)40-33)26-9-5-24(6-10-26)22-43(38,39)23-25-7-12-29(13-8-25)42(4,36)37/h5-14,21H,15-20,22-23H2,1-4H3. The number of benzene rings is 3. The van der Waals surface area contributed by atoms with E-state index in [-0.39, 0.29) is 28.1 Å². The third-order valence-corrected chi connectivity index (χ3v) is 10.6. The largest absolute Gasteiger partial charge is 0.487 e. The molecule has 0 bridgehead atoms. The molecule has 10 heteroatoms. The molecule has 2 aliphatic heterocycles. The van der Waals surface area contributed by atoms with Crippen molar-refractivity contribution in [2.45, 2.75) is 74.1 Å². The number of piperidine rings is 1. The van der Waals surface area contributed by atoms with Crippen molar-refractivity contribution in [3.05, 3.63) is 83.4 Å². The quantitative estimate of drug-likeness (QED) is 0.332. The van der Waals surface area contributed by atoms with Gasteiger partial charge in [0.25, 0.3) is 0 Å². The smallest absolute Gasteiger partial charge is 0.410 e. The fraction of sp³-hybridized carbons (Fsp3) is 0.424. The van der Waals surface area contributed by atoms with Gasteiger partial charge in [-0.25, -0.2) is 21.6 Å². The van der Waals surface area contributed by atoms with Gasteiger partial charge in [-0.1, -0.05) is 42.5 Å². The molecule has 0 N–H and O–H groups in total. The van der Waals surface area contributed by atoms with E-state index in [4.69, 9.17) is 9.47 Å². The number of likely N-dealkylation sites (tertiary alicyclic amines) is 1. The van der Waals surface area contributed by atoms with Crippen LogP contribution in [0.2, 0.25) is 0 Å². The number of hydrogen-bond acceptors (Lipinski definition) is 7. The summed E-state index contributed by atoms with van der Waals surface area (Å²) in [5.74, 6) is 0.615. The van der Waals surface area contributed by atoms with Crippen LogP contribution in [0, 0.1) is 0 Å². The molecule has 43 heavy (non-hydrogen) atoms. The van der Waals surface area contributed by atoms with Gasteiger partial charge in [-0.05, 0) is 85.7 Å². The van der Waals surface area contributed by atoms with Crippen LogP contribution in [-0.4, -0.2) is 58.4 Å². The van der Waals surface area contributed by atoms with Gasteiger partial charge in [0.1, 0.15) is 17.0 Å². The average molecular weight is 626 g/mol. The predicted octanol–water partition coefficient (Wildman–Crippen LogP) is 5.97. The first-order valence-electron chi connectivity index (χ1n) is 14.5. The second kappa shape index (κ2) is 11.6. The maximum absolute atomic E-state index is 12.8. The van der Waals surface area contributed by atoms with Crippen molar-refractivity contribution in [2.24, 2.45) is 0 Å². The fourth-order valence-electron chi connectivity index (χ4n) is 5.66. The third-order valence-electron chi connectivity index (χ3n) is 7.98. The summed E-state index contributed by atoms with van der Waals surface area (Å²) in [6, 6.07) is 19.7. The van der Waals surface area contributed by atoms with Crippen LogP contribution in [0.25, 0.3) is 11.1 Å². The molecule has 0 saturated carbocycles. The van der Waals surface area contributed by atoms with E-state index < -0.39 is 25.3 Å². The molecule has 0 unspecified atom stereocenters. The Morgan fingerprint density at radius 1 is 0.837 bits per heavy atom. The van der Waals surface area contributed by atoms with E-state index in [9.17, 15) is 21.6 Å². The van der Waals surface area contributed by atoms with Gasteiger partial charge in [0.05, 0.1) is 16.4 Å². The highest BCUT2D eigenvalue weighted by Crippen LogP contribution is 2.41. The van der Waals surface area contributed by atoms with Crippen LogP contribution in [0.4, 0.5) is 4.79 Å². The molecule has 2 aliphatic rings. The van der Waals surface area contributed by atoms with Gasteiger partial charge in [0.2, 0.25) is 0 Å². The Labute approximate surface area is 254 Å². The zero-order chi connectivity index (χ0) is 31.0. The summed E-state index contributed by atoms with van der Waals surface area (Å²) < 4.78 is 61.1. The summed E-state index contributed by atoms with van der Waals surface area (Å²) in [5, 5.41) is 0. The van der Waals surface area contributed by atoms with E-state index in [2.05, 4.69) is 6.07 Å². The van der Waals surface area contributed by atoms with Crippen LogP contribution in [0.5, 0.6) is 5.75 Å². The number of sulfone groups is 2. The molecule has 3 aromatic carbocycles. The molecule has 230 valence electrons. The molecule has 2 heterocycles. The number of nitrogens with zero attached hydrogens (tertiary/aromatic N) is 1. The summed E-state index contributed by atoms with van der Waals surface area (Å²) in [7, 11) is -6.78. The van der Waals surface area contributed by atoms with Gasteiger partial charge in [0.15, 0.2) is 19.7 Å². The van der Waals surface area contributed by atoms with E-state index in [1.165, 1.54) is 12.1 Å². The minimum absolute atomic E-state index is 0.105. The Morgan fingerprint density at radius 2 is 1.40 bits per heavy atom. The van der Waals surface area contributed by atoms with Crippen LogP contribution in [0.15, 0.2) is 71.6 Å². The van der Waals surface area contributed by atoms with Gasteiger partial charge < -0.3 is 14.4 Å². The van der Waals surface area contributed by atoms with Gasteiger partial charge in [-0.3, -0.25) is 0 Å². The van der Waals surface area contributed by atoms with Crippen molar-refractivity contribution in [1.29, 1.82) is 0 Å². The SMILES string of the molecule is CC(C)(C)OC(=O)N1CCC2(CCc3cc(-c4ccc(CS(=O)(=O)Cc5ccc(S(C)(=O)=O)cc5)cc4)ccc3O2)CC1. The molecular formula is C33H39NO7S2. The van der Waals surface area contributed by atoms with Crippen molar-refractivity contribution in [3.63, 3.8) is 0 Å². The maximum Gasteiger partial charge on any atom is 0.410 e. The molecule has 1 amide bonds. The number of hydrogen-bond donors (Lipinski definition) is 0. The van der Waals surface area contributed by atoms with E-state index >= 15 is 0 Å². The van der Waals surface area contributed by atoms with Gasteiger partial charge in [0, 0.05) is 32.2 Å². The lowest BCUT2D eigenvalue weighted by Gasteiger charge is -2.44. The zero-order valence-corrected chi connectivity index (χ0v) is 26.8. The first-order valence-corrected chi connectivity index (χ1v) is 18.2. The number of aryl methyl sites for hydroxylation is 1. The first-order chi connectivity index (χ1) is 20.1. The Kier molecular flexibility index (Phi) is 8.39. The van der Waals surface area contributed by atoms with Crippen LogP contribution in [0.1, 0.15) is 56.7 Å². The van der Waals surface area contributed by atoms with Crippen LogP contribution in [0.3, 0.4) is 0 Å². The topological polar surface area (TPSA) is 107 Å². The van der Waals surface area contributed by atoms with Crippen molar-refractivity contribution < 1.29 is 31.1 Å². The zero-order valence-electron chi connectivity index (χ0n) is 25.1. The van der Waals surface area contributed by atoms with E-state index in [1.807, 2.05) is 57.2 Å². The number of amides is 1. The summed E-state index contributed by atoms with van der Waals surface area (Å²) in [4.78, 5) is 14.4. The Hall–Kier alpha value is -3.37. The van der Waals surface area contributed by atoms with Crippen molar-refractivity contribution >= 4 is 25.8 Å². The van der Waals surface area contributed by atoms with Gasteiger partial charge in [-0.2, -0.15) is 0 Å². The number of ether oxygens (including phenoxy) is 2. The third kappa shape index (κ3) is 7.78. The number of carbonyl (C=O) groups excluding carboxylic acids is 1. The highest BCUT2D eigenvalue weighted by Gasteiger charge is 2.41. The molecule has 5 rings (SSSR count). The maximum atomic E-state index is 12.8. The van der Waals surface area contributed by atoms with Crippen molar-refractivity contribution in [2.75, 3.05) is 19.3 Å². The summed E-state index contributed by atoms with van der Waals surface area (Å²) in [6.07, 6.45) is 4.16. The number of fused-ring (bicyclic) bond motifs is 1. The molecule has 1 spiro atoms. The lowest BCUT2D eigenvalue weighted by Crippen LogP contribution is -2.52. The Morgan fingerprint density at radius 3 is 1.95 bits per heavy atom. The average Bonchev–Trinajstić information content (AvgIpc) is 2.92. The number of carbonyl (C=O) groups is 1. The fourth-order valence-corrected chi connectivity index (χ4v) is 7.79. The highest BCUT2D eigenvalue weighted by atomic mass is 32.2. The predicted molar refractivity (Wildman–Crippen MR) is 166 cm³/mol. The normalized spacial score (nSPS) is 16.8. The highest BCUT2D eigenvalue weighted by molar-refractivity contribution is 7.90. The van der Waals surface area contributed by atoms with Gasteiger partial charge >= 0.3 is 6.09 Å². The van der Waals surface area contributed by atoms with Crippen molar-refractivity contribution in [1.82, 2.24) is 4.90 Å². The summed E-state index contributed by atoms with van der Waals surface area (Å²) in [6.45, 7) is 6.84. The summed E-state index contributed by atoms with van der Waals surface area (Å²) >= 11 is 0. The van der Waals surface area contributed by atoms with Gasteiger partial charge in [-0.15, -0.1) is 0 Å². The van der Waals surface area contributed by atoms with E-state index in [0.717, 1.165) is 54.4 Å². The van der Waals surface area contributed by atoms with Crippen LogP contribution in [-0.2, 0) is 42.3 Å². The first kappa shape index (κ1) is 31.1. The molecular weight excluding hydrogens is 586 g/mol. The van der Waals surface area contributed by atoms with Crippen molar-refractivity contribution in [3.8, 4) is 16.9 Å². The molecule has 0 radical (unpaired) electrons. The van der Waals surface area contributed by atoms with Crippen LogP contribution < -0.4 is 4.74 Å². The molecule has 0 aliphatic carbocycles. The Bertz CT molecular complexity index is 1700. The Balaban J connectivity index is 1.19.